The fourth-order valence-corrected chi connectivity index (χ4v) is 2.45. The quantitative estimate of drug-likeness (QED) is 0.792. The topological polar surface area (TPSA) is 38.8 Å². The van der Waals surface area contributed by atoms with E-state index in [1.807, 2.05) is 0 Å². The van der Waals surface area contributed by atoms with Gasteiger partial charge in [-0.2, -0.15) is 0 Å². The highest BCUT2D eigenvalue weighted by atomic mass is 35.5. The highest BCUT2D eigenvalue weighted by molar-refractivity contribution is 6.30. The van der Waals surface area contributed by atoms with Crippen LogP contribution in [0, 0.1) is 5.82 Å². The molecule has 2 aromatic rings. The van der Waals surface area contributed by atoms with Crippen molar-refractivity contribution in [3.63, 3.8) is 0 Å². The van der Waals surface area contributed by atoms with Crippen molar-refractivity contribution in [1.29, 1.82) is 0 Å². The van der Waals surface area contributed by atoms with Crippen LogP contribution in [0.4, 0.5) is 4.39 Å². The molecule has 0 spiro atoms. The van der Waals surface area contributed by atoms with Crippen molar-refractivity contribution < 1.29 is 18.7 Å². The molecule has 24 heavy (non-hydrogen) atoms. The number of nitrogens with zero attached hydrogens (tertiary/aromatic N) is 1. The van der Waals surface area contributed by atoms with Crippen LogP contribution in [-0.4, -0.2) is 31.1 Å². The lowest BCUT2D eigenvalue weighted by atomic mass is 10.2. The summed E-state index contributed by atoms with van der Waals surface area (Å²) in [5.74, 6) is 0.0166. The Kier molecular flexibility index (Phi) is 6.04. The van der Waals surface area contributed by atoms with Crippen LogP contribution < -0.4 is 9.47 Å². The van der Waals surface area contributed by atoms with Crippen molar-refractivity contribution in [2.24, 2.45) is 0 Å². The lowest BCUT2D eigenvalue weighted by Gasteiger charge is -2.22. The summed E-state index contributed by atoms with van der Waals surface area (Å²) in [6.45, 7) is 1.93. The molecule has 1 unspecified atom stereocenters. The van der Waals surface area contributed by atoms with Crippen molar-refractivity contribution in [2.75, 3.05) is 14.2 Å². The molecule has 0 saturated heterocycles. The minimum Gasteiger partial charge on any atom is -0.494 e. The second kappa shape index (κ2) is 8.02. The second-order valence-electron chi connectivity index (χ2n) is 5.38. The Bertz CT molecular complexity index is 723. The van der Waals surface area contributed by atoms with Gasteiger partial charge in [0, 0.05) is 18.6 Å². The van der Waals surface area contributed by atoms with E-state index in [-0.39, 0.29) is 18.2 Å². The van der Waals surface area contributed by atoms with Crippen molar-refractivity contribution in [1.82, 2.24) is 4.90 Å². The molecule has 0 saturated carbocycles. The van der Waals surface area contributed by atoms with Crippen molar-refractivity contribution in [3.8, 4) is 11.5 Å². The molecule has 0 bridgehead atoms. The van der Waals surface area contributed by atoms with E-state index in [9.17, 15) is 9.18 Å². The van der Waals surface area contributed by atoms with E-state index in [2.05, 4.69) is 0 Å². The molecule has 0 aliphatic rings. The number of hydrogen-bond acceptors (Lipinski definition) is 3. The van der Waals surface area contributed by atoms with E-state index in [0.717, 1.165) is 0 Å². The first kappa shape index (κ1) is 18.1. The highest BCUT2D eigenvalue weighted by Gasteiger charge is 2.20. The summed E-state index contributed by atoms with van der Waals surface area (Å²) in [7, 11) is 3.05. The Hall–Kier alpha value is -2.27. The van der Waals surface area contributed by atoms with E-state index in [4.69, 9.17) is 21.1 Å². The van der Waals surface area contributed by atoms with Gasteiger partial charge >= 0.3 is 0 Å². The maximum atomic E-state index is 13.7. The van der Waals surface area contributed by atoms with Gasteiger partial charge in [0.25, 0.3) is 5.91 Å². The molecule has 6 heteroatoms. The Morgan fingerprint density at radius 1 is 1.29 bits per heavy atom. The van der Waals surface area contributed by atoms with Crippen LogP contribution in [0.15, 0.2) is 42.5 Å². The van der Waals surface area contributed by atoms with Gasteiger partial charge in [-0.25, -0.2) is 4.39 Å². The third kappa shape index (κ3) is 4.61. The van der Waals surface area contributed by atoms with E-state index in [0.29, 0.717) is 16.3 Å². The Morgan fingerprint density at radius 2 is 2.04 bits per heavy atom. The molecule has 0 radical (unpaired) electrons. The van der Waals surface area contributed by atoms with Gasteiger partial charge in [-0.3, -0.25) is 4.79 Å². The summed E-state index contributed by atoms with van der Waals surface area (Å²) >= 11 is 5.90. The second-order valence-corrected chi connectivity index (χ2v) is 5.82. The standard InChI is InChI=1S/C18H19ClFNO3/c1-12(24-15-6-4-5-14(19)10-15)18(22)21(2)11-13-7-8-17(23-3)16(20)9-13/h4-10,12H,11H2,1-3H3. The normalized spacial score (nSPS) is 11.7. The molecule has 0 heterocycles. The summed E-state index contributed by atoms with van der Waals surface area (Å²) in [5.41, 5.74) is 0.666. The summed E-state index contributed by atoms with van der Waals surface area (Å²) in [6.07, 6.45) is -0.684. The largest absolute Gasteiger partial charge is 0.494 e. The highest BCUT2D eigenvalue weighted by Crippen LogP contribution is 2.20. The van der Waals surface area contributed by atoms with Crippen molar-refractivity contribution >= 4 is 17.5 Å². The molecular formula is C18H19ClFNO3. The third-order valence-corrected chi connectivity index (χ3v) is 3.70. The maximum absolute atomic E-state index is 13.7. The molecule has 128 valence electrons. The minimum absolute atomic E-state index is 0.172. The molecule has 4 nitrogen and oxygen atoms in total. The molecule has 1 amide bonds. The number of ether oxygens (including phenoxy) is 2. The lowest BCUT2D eigenvalue weighted by molar-refractivity contribution is -0.137. The molecular weight excluding hydrogens is 333 g/mol. The van der Waals surface area contributed by atoms with Crippen LogP contribution in [0.5, 0.6) is 11.5 Å². The molecule has 2 aromatic carbocycles. The number of hydrogen-bond donors (Lipinski definition) is 0. The van der Waals surface area contributed by atoms with Crippen LogP contribution in [0.1, 0.15) is 12.5 Å². The van der Waals surface area contributed by atoms with E-state index in [1.54, 1.807) is 44.3 Å². The number of rotatable bonds is 6. The number of carbonyl (C=O) groups excluding carboxylic acids is 1. The summed E-state index contributed by atoms with van der Waals surface area (Å²) in [5, 5.41) is 0.536. The van der Waals surface area contributed by atoms with Gasteiger partial charge in [0.1, 0.15) is 5.75 Å². The number of carbonyl (C=O) groups is 1. The number of halogens is 2. The van der Waals surface area contributed by atoms with Crippen molar-refractivity contribution in [3.05, 3.63) is 58.9 Å². The first-order valence-corrected chi connectivity index (χ1v) is 7.78. The third-order valence-electron chi connectivity index (χ3n) is 3.47. The number of benzene rings is 2. The first-order valence-electron chi connectivity index (χ1n) is 7.40. The smallest absolute Gasteiger partial charge is 0.263 e. The van der Waals surface area contributed by atoms with E-state index >= 15 is 0 Å². The zero-order valence-electron chi connectivity index (χ0n) is 13.8. The van der Waals surface area contributed by atoms with Gasteiger partial charge in [-0.05, 0) is 42.8 Å². The zero-order valence-corrected chi connectivity index (χ0v) is 14.5. The molecule has 0 aliphatic carbocycles. The number of amides is 1. The average molecular weight is 352 g/mol. The molecule has 0 N–H and O–H groups in total. The van der Waals surface area contributed by atoms with Gasteiger partial charge in [-0.15, -0.1) is 0 Å². The van der Waals surface area contributed by atoms with Gasteiger partial charge in [-0.1, -0.05) is 23.7 Å². The summed E-state index contributed by atoms with van der Waals surface area (Å²) in [6, 6.07) is 11.5. The van der Waals surface area contributed by atoms with Gasteiger partial charge < -0.3 is 14.4 Å². The predicted octanol–water partition coefficient (Wildman–Crippen LogP) is 3.91. The molecule has 0 aliphatic heterocycles. The van der Waals surface area contributed by atoms with Gasteiger partial charge in [0.05, 0.1) is 7.11 Å². The number of likely N-dealkylation sites (N-methyl/N-ethyl adjacent to an activating group) is 1. The van der Waals surface area contributed by atoms with Crippen LogP contribution in [0.25, 0.3) is 0 Å². The maximum Gasteiger partial charge on any atom is 0.263 e. The molecule has 1 atom stereocenters. The van der Waals surface area contributed by atoms with Gasteiger partial charge in [0.15, 0.2) is 17.7 Å². The fraction of sp³-hybridized carbons (Fsp3) is 0.278. The van der Waals surface area contributed by atoms with E-state index < -0.39 is 11.9 Å². The van der Waals surface area contributed by atoms with Crippen LogP contribution in [0.3, 0.4) is 0 Å². The molecule has 0 fully saturated rings. The lowest BCUT2D eigenvalue weighted by Crippen LogP contribution is -2.37. The minimum atomic E-state index is -0.684. The van der Waals surface area contributed by atoms with Crippen molar-refractivity contribution in [2.45, 2.75) is 19.6 Å². The Balaban J connectivity index is 1.99. The van der Waals surface area contributed by atoms with Crippen LogP contribution in [-0.2, 0) is 11.3 Å². The van der Waals surface area contributed by atoms with Crippen LogP contribution in [0.2, 0.25) is 5.02 Å². The molecule has 0 aromatic heterocycles. The monoisotopic (exact) mass is 351 g/mol. The Labute approximate surface area is 145 Å². The first-order chi connectivity index (χ1) is 11.4. The van der Waals surface area contributed by atoms with Crippen LogP contribution >= 0.6 is 11.6 Å². The Morgan fingerprint density at radius 3 is 2.67 bits per heavy atom. The number of methoxy groups -OCH3 is 1. The summed E-state index contributed by atoms with van der Waals surface area (Å²) < 4.78 is 24.2. The van der Waals surface area contributed by atoms with E-state index in [1.165, 1.54) is 24.1 Å². The summed E-state index contributed by atoms with van der Waals surface area (Å²) in [4.78, 5) is 13.9. The average Bonchev–Trinajstić information content (AvgIpc) is 2.54. The van der Waals surface area contributed by atoms with Gasteiger partial charge in [0.2, 0.25) is 0 Å². The molecule has 2 rings (SSSR count). The zero-order chi connectivity index (χ0) is 17.7. The SMILES string of the molecule is COc1ccc(CN(C)C(=O)C(C)Oc2cccc(Cl)c2)cc1F. The fourth-order valence-electron chi connectivity index (χ4n) is 2.27. The predicted molar refractivity (Wildman–Crippen MR) is 91.0 cm³/mol.